The van der Waals surface area contributed by atoms with Crippen molar-refractivity contribution < 1.29 is 23.1 Å². The molecule has 0 fully saturated rings. The Morgan fingerprint density at radius 2 is 1.81 bits per heavy atom. The number of nitrogens with one attached hydrogen (secondary N) is 1. The summed E-state index contributed by atoms with van der Waals surface area (Å²) >= 11 is 0. The van der Waals surface area contributed by atoms with Crippen molar-refractivity contribution >= 4 is 23.1 Å². The quantitative estimate of drug-likeness (QED) is 0.515. The summed E-state index contributed by atoms with van der Waals surface area (Å²) in [5.41, 5.74) is 4.08. The van der Waals surface area contributed by atoms with Crippen LogP contribution < -0.4 is 25.2 Å². The van der Waals surface area contributed by atoms with E-state index < -0.39 is 5.41 Å². The molecule has 2 aromatic carbocycles. The summed E-state index contributed by atoms with van der Waals surface area (Å²) in [6.45, 7) is 8.34. The maximum absolute atomic E-state index is 14.4. The Bertz CT molecular complexity index is 1420. The third-order valence-corrected chi connectivity index (χ3v) is 6.99. The van der Waals surface area contributed by atoms with Gasteiger partial charge in [-0.15, -0.1) is 0 Å². The Labute approximate surface area is 210 Å². The number of hydrogen-bond donors (Lipinski definition) is 1. The fraction of sp³-hybridized carbons (Fsp3) is 0.300. The Hall–Kier alpha value is -3.80. The van der Waals surface area contributed by atoms with Gasteiger partial charge in [0.05, 0.1) is 32.2 Å². The van der Waals surface area contributed by atoms with E-state index in [0.717, 1.165) is 49.8 Å². The molecule has 36 heavy (non-hydrogen) atoms. The minimum atomic E-state index is -0.668. The summed E-state index contributed by atoms with van der Waals surface area (Å²) in [6.07, 6.45) is 3.81. The number of halogens is 1. The van der Waals surface area contributed by atoms with Crippen LogP contribution in [0.15, 0.2) is 58.7 Å². The molecule has 0 bridgehead atoms. The monoisotopic (exact) mass is 489 g/mol. The van der Waals surface area contributed by atoms with Gasteiger partial charge < -0.3 is 19.2 Å². The molecule has 1 amide bonds. The molecule has 1 heterocycles. The molecule has 1 aromatic heterocycles. The van der Waals surface area contributed by atoms with Gasteiger partial charge in [0.1, 0.15) is 23.1 Å². The van der Waals surface area contributed by atoms with Crippen molar-refractivity contribution in [3.8, 4) is 11.5 Å². The number of fused-ring (bicyclic) bond motifs is 1. The van der Waals surface area contributed by atoms with Gasteiger partial charge in [-0.2, -0.15) is 0 Å². The molecular formula is C30H32FNO4. The van der Waals surface area contributed by atoms with Gasteiger partial charge in [0.2, 0.25) is 5.91 Å². The van der Waals surface area contributed by atoms with E-state index in [1.807, 2.05) is 45.9 Å². The van der Waals surface area contributed by atoms with E-state index in [0.29, 0.717) is 12.3 Å². The molecule has 0 aliphatic heterocycles. The van der Waals surface area contributed by atoms with Crippen molar-refractivity contribution in [2.24, 2.45) is 0 Å². The molecule has 6 heteroatoms. The van der Waals surface area contributed by atoms with Gasteiger partial charge in [-0.3, -0.25) is 4.79 Å². The fourth-order valence-electron chi connectivity index (χ4n) is 4.98. The van der Waals surface area contributed by atoms with Crippen LogP contribution in [-0.4, -0.2) is 20.1 Å². The lowest BCUT2D eigenvalue weighted by Gasteiger charge is -2.27. The number of allylic oxidation sites excluding steroid dienone is 2. The third kappa shape index (κ3) is 4.68. The van der Waals surface area contributed by atoms with Crippen molar-refractivity contribution in [1.82, 2.24) is 5.32 Å². The molecule has 1 aliphatic rings. The number of ether oxygens (including phenoxy) is 2. The van der Waals surface area contributed by atoms with Crippen LogP contribution in [0.2, 0.25) is 0 Å². The highest BCUT2D eigenvalue weighted by molar-refractivity contribution is 5.97. The molecule has 5 nitrogen and oxygen atoms in total. The summed E-state index contributed by atoms with van der Waals surface area (Å²) in [5, 5.41) is 4.74. The van der Waals surface area contributed by atoms with E-state index in [4.69, 9.17) is 13.9 Å². The molecule has 1 unspecified atom stereocenters. The van der Waals surface area contributed by atoms with Gasteiger partial charge in [0, 0.05) is 11.8 Å². The maximum atomic E-state index is 14.4. The average molecular weight is 490 g/mol. The van der Waals surface area contributed by atoms with E-state index in [-0.39, 0.29) is 18.1 Å². The summed E-state index contributed by atoms with van der Waals surface area (Å²) in [6, 6.07) is 12.3. The Balaban J connectivity index is 1.80. The SMILES string of the molecule is COc1cc(=CC2=C(C)C(C)(CC(=O)NCc3ccco3)c3cc(F)ccc32)cc(OC)c1=C(C)C. The Morgan fingerprint density at radius 3 is 2.39 bits per heavy atom. The van der Waals surface area contributed by atoms with Crippen molar-refractivity contribution in [2.45, 2.75) is 46.1 Å². The lowest BCUT2D eigenvalue weighted by molar-refractivity contribution is -0.122. The molecule has 3 aromatic rings. The topological polar surface area (TPSA) is 60.7 Å². The second-order valence-electron chi connectivity index (χ2n) is 9.54. The highest BCUT2D eigenvalue weighted by Crippen LogP contribution is 2.49. The molecule has 0 spiro atoms. The van der Waals surface area contributed by atoms with Gasteiger partial charge in [0.25, 0.3) is 0 Å². The van der Waals surface area contributed by atoms with Gasteiger partial charge in [-0.1, -0.05) is 24.1 Å². The number of amides is 1. The van der Waals surface area contributed by atoms with Crippen LogP contribution in [0.5, 0.6) is 11.5 Å². The van der Waals surface area contributed by atoms with Crippen LogP contribution in [0.1, 0.15) is 51.0 Å². The van der Waals surface area contributed by atoms with E-state index in [2.05, 4.69) is 11.4 Å². The molecule has 1 aliphatic carbocycles. The minimum absolute atomic E-state index is 0.133. The summed E-state index contributed by atoms with van der Waals surface area (Å²) < 4.78 is 31.1. The second kappa shape index (κ2) is 10.1. The summed E-state index contributed by atoms with van der Waals surface area (Å²) in [7, 11) is 3.28. The Kier molecular flexibility index (Phi) is 7.07. The molecule has 0 saturated carbocycles. The lowest BCUT2D eigenvalue weighted by atomic mass is 9.76. The summed E-state index contributed by atoms with van der Waals surface area (Å²) in [5.74, 6) is 1.66. The van der Waals surface area contributed by atoms with E-state index >= 15 is 0 Å². The molecule has 1 atom stereocenters. The van der Waals surface area contributed by atoms with E-state index in [1.54, 1.807) is 38.7 Å². The number of carbonyl (C=O) groups is 1. The number of rotatable bonds is 7. The average Bonchev–Trinajstić information content (AvgIpc) is 3.44. The summed E-state index contributed by atoms with van der Waals surface area (Å²) in [4.78, 5) is 13.0. The highest BCUT2D eigenvalue weighted by atomic mass is 19.1. The van der Waals surface area contributed by atoms with E-state index in [1.165, 1.54) is 6.07 Å². The van der Waals surface area contributed by atoms with Gasteiger partial charge in [0.15, 0.2) is 0 Å². The molecule has 1 N–H and O–H groups in total. The van der Waals surface area contributed by atoms with Gasteiger partial charge >= 0.3 is 0 Å². The maximum Gasteiger partial charge on any atom is 0.221 e. The van der Waals surface area contributed by atoms with Crippen molar-refractivity contribution in [3.63, 3.8) is 0 Å². The smallest absolute Gasteiger partial charge is 0.221 e. The zero-order valence-corrected chi connectivity index (χ0v) is 21.6. The first-order valence-corrected chi connectivity index (χ1v) is 11.9. The first kappa shape index (κ1) is 25.3. The van der Waals surface area contributed by atoms with Crippen LogP contribution in [0.25, 0.3) is 17.2 Å². The van der Waals surface area contributed by atoms with Crippen LogP contribution in [0.4, 0.5) is 4.39 Å². The molecule has 0 saturated heterocycles. The largest absolute Gasteiger partial charge is 0.496 e. The van der Waals surface area contributed by atoms with Crippen LogP contribution in [-0.2, 0) is 16.8 Å². The third-order valence-electron chi connectivity index (χ3n) is 6.99. The Morgan fingerprint density at radius 1 is 1.11 bits per heavy atom. The van der Waals surface area contributed by atoms with Gasteiger partial charge in [-0.25, -0.2) is 4.39 Å². The fourth-order valence-corrected chi connectivity index (χ4v) is 4.98. The second-order valence-corrected chi connectivity index (χ2v) is 9.54. The highest BCUT2D eigenvalue weighted by Gasteiger charge is 2.40. The number of benzene rings is 2. The zero-order chi connectivity index (χ0) is 26.0. The molecule has 188 valence electrons. The van der Waals surface area contributed by atoms with Crippen molar-refractivity contribution in [2.75, 3.05) is 14.2 Å². The number of furan rings is 1. The van der Waals surface area contributed by atoms with Crippen LogP contribution >= 0.6 is 0 Å². The first-order chi connectivity index (χ1) is 17.2. The van der Waals surface area contributed by atoms with Gasteiger partial charge in [-0.05, 0) is 85.2 Å². The van der Waals surface area contributed by atoms with Crippen LogP contribution in [0.3, 0.4) is 0 Å². The van der Waals surface area contributed by atoms with Crippen molar-refractivity contribution in [3.05, 3.63) is 87.4 Å². The predicted octanol–water partition coefficient (Wildman–Crippen LogP) is 4.86. The molecule has 4 rings (SSSR count). The standard InChI is InChI=1S/C30H32FNO4/c1-18(2)29-26(34-5)13-20(14-27(29)35-6)12-24-19(3)30(4,25-15-21(31)9-10-23(24)25)16-28(33)32-17-22-8-7-11-36-22/h7-15H,16-17H2,1-6H3,(H,32,33). The lowest BCUT2D eigenvalue weighted by Crippen LogP contribution is -2.32. The number of methoxy groups -OCH3 is 2. The number of hydrogen-bond acceptors (Lipinski definition) is 4. The molecule has 0 radical (unpaired) electrons. The number of carbonyl (C=O) groups excluding carboxylic acids is 1. The predicted molar refractivity (Wildman–Crippen MR) is 140 cm³/mol. The normalized spacial score (nSPS) is 16.5. The van der Waals surface area contributed by atoms with Crippen molar-refractivity contribution in [1.29, 1.82) is 0 Å². The minimum Gasteiger partial charge on any atom is -0.496 e. The van der Waals surface area contributed by atoms with E-state index in [9.17, 15) is 9.18 Å². The van der Waals surface area contributed by atoms with Crippen LogP contribution in [0, 0.1) is 5.82 Å². The first-order valence-electron chi connectivity index (χ1n) is 11.9. The zero-order valence-electron chi connectivity index (χ0n) is 21.6. The molecular weight excluding hydrogens is 457 g/mol.